The van der Waals surface area contributed by atoms with Gasteiger partial charge in [-0.15, -0.1) is 0 Å². The molecule has 1 N–H and O–H groups in total. The number of rotatable bonds is 5. The van der Waals surface area contributed by atoms with Gasteiger partial charge in [-0.05, 0) is 69.2 Å². The van der Waals surface area contributed by atoms with E-state index < -0.39 is 0 Å². The lowest BCUT2D eigenvalue weighted by Gasteiger charge is -2.11. The first-order valence-corrected chi connectivity index (χ1v) is 10.3. The summed E-state index contributed by atoms with van der Waals surface area (Å²) in [5.41, 5.74) is 8.55. The van der Waals surface area contributed by atoms with Crippen molar-refractivity contribution in [3.05, 3.63) is 70.3 Å². The number of anilines is 1. The fourth-order valence-corrected chi connectivity index (χ4v) is 3.79. The van der Waals surface area contributed by atoms with Gasteiger partial charge in [0, 0.05) is 28.4 Å². The Labute approximate surface area is 186 Å². The number of nitrogens with zero attached hydrogens (tertiary/aromatic N) is 3. The van der Waals surface area contributed by atoms with E-state index in [4.69, 9.17) is 13.9 Å². The van der Waals surface area contributed by atoms with Crippen molar-refractivity contribution < 1.29 is 13.9 Å². The van der Waals surface area contributed by atoms with Crippen molar-refractivity contribution in [2.24, 2.45) is 5.10 Å². The van der Waals surface area contributed by atoms with Crippen molar-refractivity contribution >= 4 is 16.9 Å². The summed E-state index contributed by atoms with van der Waals surface area (Å²) in [5.74, 6) is 2.39. The Bertz CT molecular complexity index is 1360. The maximum Gasteiger partial charge on any atom is 0.243 e. The van der Waals surface area contributed by atoms with E-state index in [1.807, 2.05) is 64.1 Å². The van der Waals surface area contributed by atoms with Crippen LogP contribution in [0.1, 0.15) is 22.5 Å². The summed E-state index contributed by atoms with van der Waals surface area (Å²) in [4.78, 5) is 8.84. The van der Waals surface area contributed by atoms with Crippen LogP contribution >= 0.6 is 0 Å². The van der Waals surface area contributed by atoms with E-state index in [0.29, 0.717) is 23.2 Å². The van der Waals surface area contributed by atoms with Gasteiger partial charge in [0.05, 0.1) is 19.6 Å². The standard InChI is InChI=1S/C25H26N4O3/c1-14-9-15(2)24-19(28-29-25-26-16(3)11-17(4)27-25)13-21(32-23(24)10-14)18-7-8-20(30-5)22(12-18)31-6/h7-13H,1-6H3,(H,26,27,29). The fourth-order valence-electron chi connectivity index (χ4n) is 3.79. The maximum atomic E-state index is 6.30. The van der Waals surface area contributed by atoms with Crippen LogP contribution in [0.25, 0.3) is 22.3 Å². The van der Waals surface area contributed by atoms with Crippen molar-refractivity contribution in [1.29, 1.82) is 0 Å². The van der Waals surface area contributed by atoms with Crippen LogP contribution in [0.3, 0.4) is 0 Å². The van der Waals surface area contributed by atoms with E-state index in [2.05, 4.69) is 26.6 Å². The monoisotopic (exact) mass is 430 g/mol. The predicted molar refractivity (Wildman–Crippen MR) is 125 cm³/mol. The molecule has 0 saturated heterocycles. The molecule has 0 bridgehead atoms. The molecule has 0 radical (unpaired) electrons. The predicted octanol–water partition coefficient (Wildman–Crippen LogP) is 5.07. The summed E-state index contributed by atoms with van der Waals surface area (Å²) in [6.07, 6.45) is 0. The highest BCUT2D eigenvalue weighted by atomic mass is 16.5. The van der Waals surface area contributed by atoms with E-state index >= 15 is 0 Å². The van der Waals surface area contributed by atoms with Gasteiger partial charge in [0.25, 0.3) is 0 Å². The second kappa shape index (κ2) is 8.70. The molecule has 0 saturated carbocycles. The molecule has 32 heavy (non-hydrogen) atoms. The molecule has 4 rings (SSSR count). The van der Waals surface area contributed by atoms with Crippen molar-refractivity contribution in [1.82, 2.24) is 9.97 Å². The molecule has 164 valence electrons. The Morgan fingerprint density at radius 3 is 2.25 bits per heavy atom. The third kappa shape index (κ3) is 4.27. The highest BCUT2D eigenvalue weighted by Crippen LogP contribution is 2.33. The molecular weight excluding hydrogens is 404 g/mol. The lowest BCUT2D eigenvalue weighted by Crippen LogP contribution is -2.10. The van der Waals surface area contributed by atoms with Gasteiger partial charge < -0.3 is 13.9 Å². The number of hydrogen-bond acceptors (Lipinski definition) is 7. The number of fused-ring (bicyclic) bond motifs is 1. The third-order valence-electron chi connectivity index (χ3n) is 5.11. The van der Waals surface area contributed by atoms with Gasteiger partial charge in [-0.3, -0.25) is 0 Å². The summed E-state index contributed by atoms with van der Waals surface area (Å²) in [5, 5.41) is 6.31. The summed E-state index contributed by atoms with van der Waals surface area (Å²) >= 11 is 0. The SMILES string of the molecule is COc1ccc(-c2cc(=NNc3nc(C)cc(C)n3)c3c(C)cc(C)cc3o2)cc1OC. The van der Waals surface area contributed by atoms with Crippen molar-refractivity contribution in [3.8, 4) is 22.8 Å². The van der Waals surface area contributed by atoms with Crippen LogP contribution in [-0.2, 0) is 0 Å². The molecule has 7 heteroatoms. The van der Waals surface area contributed by atoms with E-state index in [1.54, 1.807) is 14.2 Å². The van der Waals surface area contributed by atoms with Crippen molar-refractivity contribution in [2.75, 3.05) is 19.6 Å². The number of methoxy groups -OCH3 is 2. The topological polar surface area (TPSA) is 81.8 Å². The normalized spacial score (nSPS) is 11.6. The van der Waals surface area contributed by atoms with Crippen LogP contribution in [0, 0.1) is 27.7 Å². The van der Waals surface area contributed by atoms with Crippen LogP contribution in [0.4, 0.5) is 5.95 Å². The van der Waals surface area contributed by atoms with Crippen LogP contribution < -0.4 is 20.3 Å². The highest BCUT2D eigenvalue weighted by Gasteiger charge is 2.12. The first kappa shape index (κ1) is 21.4. The summed E-state index contributed by atoms with van der Waals surface area (Å²) in [6, 6.07) is 13.6. The second-order valence-corrected chi connectivity index (χ2v) is 7.72. The quantitative estimate of drug-likeness (QED) is 0.445. The molecule has 7 nitrogen and oxygen atoms in total. The third-order valence-corrected chi connectivity index (χ3v) is 5.11. The lowest BCUT2D eigenvalue weighted by molar-refractivity contribution is 0.355. The minimum atomic E-state index is 0.453. The molecule has 4 aromatic rings. The van der Waals surface area contributed by atoms with Crippen LogP contribution in [-0.4, -0.2) is 24.2 Å². The van der Waals surface area contributed by atoms with Gasteiger partial charge in [-0.25, -0.2) is 15.4 Å². The Morgan fingerprint density at radius 1 is 0.844 bits per heavy atom. The molecular formula is C25H26N4O3. The Hall–Kier alpha value is -3.87. The summed E-state index contributed by atoms with van der Waals surface area (Å²) < 4.78 is 17.1. The fraction of sp³-hybridized carbons (Fsp3) is 0.240. The summed E-state index contributed by atoms with van der Waals surface area (Å²) in [6.45, 7) is 7.95. The Balaban J connectivity index is 1.91. The van der Waals surface area contributed by atoms with Crippen LogP contribution in [0.2, 0.25) is 0 Å². The largest absolute Gasteiger partial charge is 0.493 e. The van der Waals surface area contributed by atoms with Crippen molar-refractivity contribution in [3.63, 3.8) is 0 Å². The van der Waals surface area contributed by atoms with Gasteiger partial charge in [0.1, 0.15) is 11.3 Å². The first-order chi connectivity index (χ1) is 15.4. The molecule has 2 aromatic heterocycles. The van der Waals surface area contributed by atoms with Gasteiger partial charge in [0.15, 0.2) is 11.5 Å². The molecule has 0 fully saturated rings. The zero-order valence-corrected chi connectivity index (χ0v) is 19.1. The molecule has 0 aliphatic carbocycles. The molecule has 2 aromatic carbocycles. The Morgan fingerprint density at radius 2 is 1.56 bits per heavy atom. The lowest BCUT2D eigenvalue weighted by atomic mass is 10.0. The average molecular weight is 431 g/mol. The van der Waals surface area contributed by atoms with E-state index in [9.17, 15) is 0 Å². The molecule has 0 spiro atoms. The van der Waals surface area contributed by atoms with E-state index in [-0.39, 0.29) is 0 Å². The smallest absolute Gasteiger partial charge is 0.243 e. The summed E-state index contributed by atoms with van der Waals surface area (Å²) in [7, 11) is 3.22. The highest BCUT2D eigenvalue weighted by molar-refractivity contribution is 5.82. The van der Waals surface area contributed by atoms with E-state index in [1.165, 1.54) is 0 Å². The minimum Gasteiger partial charge on any atom is -0.493 e. The number of ether oxygens (including phenoxy) is 2. The molecule has 0 amide bonds. The number of nitrogens with one attached hydrogen (secondary N) is 1. The van der Waals surface area contributed by atoms with Crippen LogP contribution in [0.5, 0.6) is 11.5 Å². The number of aryl methyl sites for hydroxylation is 4. The zero-order valence-electron chi connectivity index (χ0n) is 19.1. The number of hydrogen-bond donors (Lipinski definition) is 1. The minimum absolute atomic E-state index is 0.453. The van der Waals surface area contributed by atoms with Gasteiger partial charge in [0.2, 0.25) is 5.95 Å². The molecule has 2 heterocycles. The van der Waals surface area contributed by atoms with Gasteiger partial charge >= 0.3 is 0 Å². The number of aromatic nitrogens is 2. The average Bonchev–Trinajstić information content (AvgIpc) is 2.75. The first-order valence-electron chi connectivity index (χ1n) is 10.3. The van der Waals surface area contributed by atoms with E-state index in [0.717, 1.165) is 44.4 Å². The zero-order chi connectivity index (χ0) is 22.8. The molecule has 0 aliphatic heterocycles. The van der Waals surface area contributed by atoms with Gasteiger partial charge in [-0.1, -0.05) is 6.07 Å². The van der Waals surface area contributed by atoms with Crippen molar-refractivity contribution in [2.45, 2.75) is 27.7 Å². The second-order valence-electron chi connectivity index (χ2n) is 7.72. The number of benzene rings is 2. The molecule has 0 unspecified atom stereocenters. The molecule has 0 atom stereocenters. The van der Waals surface area contributed by atoms with Crippen LogP contribution in [0.15, 0.2) is 52.0 Å². The van der Waals surface area contributed by atoms with Gasteiger partial charge in [-0.2, -0.15) is 5.10 Å². The maximum absolute atomic E-state index is 6.30. The molecule has 0 aliphatic rings. The Kier molecular flexibility index (Phi) is 5.81.